The third-order valence-electron chi connectivity index (χ3n) is 4.01. The first-order chi connectivity index (χ1) is 11.0. The number of esters is 1. The highest BCUT2D eigenvalue weighted by molar-refractivity contribution is 7.90. The number of alkyl halides is 1. The molecule has 0 saturated carbocycles. The van der Waals surface area contributed by atoms with Crippen LogP contribution < -0.4 is 0 Å². The molecule has 0 radical (unpaired) electrons. The number of halogens is 2. The van der Waals surface area contributed by atoms with E-state index in [1.54, 1.807) is 0 Å². The van der Waals surface area contributed by atoms with E-state index < -0.39 is 38.8 Å². The maximum Gasteiger partial charge on any atom is 0.337 e. The Morgan fingerprint density at radius 1 is 1.29 bits per heavy atom. The van der Waals surface area contributed by atoms with Crippen LogP contribution in [0.15, 0.2) is 18.2 Å². The first-order valence-electron chi connectivity index (χ1n) is 7.51. The van der Waals surface area contributed by atoms with Crippen LogP contribution in [0.5, 0.6) is 0 Å². The van der Waals surface area contributed by atoms with Crippen molar-refractivity contribution in [2.75, 3.05) is 13.7 Å². The Morgan fingerprint density at radius 3 is 2.46 bits per heavy atom. The third-order valence-corrected chi connectivity index (χ3v) is 6.58. The number of carbonyl (C=O) groups is 1. The van der Waals surface area contributed by atoms with E-state index in [1.165, 1.54) is 26.8 Å². The van der Waals surface area contributed by atoms with Crippen LogP contribution in [-0.2, 0) is 14.8 Å². The van der Waals surface area contributed by atoms with E-state index in [2.05, 4.69) is 4.74 Å². The van der Waals surface area contributed by atoms with Crippen LogP contribution in [0.2, 0.25) is 0 Å². The van der Waals surface area contributed by atoms with Crippen LogP contribution in [0.1, 0.15) is 49.2 Å². The Balaban J connectivity index is 2.50. The number of ether oxygens (including phenoxy) is 1. The number of rotatable bonds is 3. The summed E-state index contributed by atoms with van der Waals surface area (Å²) in [6, 6.07) is 2.62. The molecule has 2 atom stereocenters. The number of methoxy groups -OCH3 is 1. The minimum atomic E-state index is -3.80. The summed E-state index contributed by atoms with van der Waals surface area (Å²) in [5.41, 5.74) is 0.200. The molecule has 8 heteroatoms. The van der Waals surface area contributed by atoms with Gasteiger partial charge in [0.05, 0.1) is 23.5 Å². The minimum Gasteiger partial charge on any atom is -0.465 e. The van der Waals surface area contributed by atoms with Crippen LogP contribution >= 0.6 is 0 Å². The molecule has 0 bridgehead atoms. The summed E-state index contributed by atoms with van der Waals surface area (Å²) < 4.78 is 57.8. The van der Waals surface area contributed by atoms with E-state index in [1.807, 2.05) is 0 Å². The molecule has 1 fully saturated rings. The van der Waals surface area contributed by atoms with Gasteiger partial charge in [-0.05, 0) is 44.5 Å². The van der Waals surface area contributed by atoms with Crippen LogP contribution in [0.25, 0.3) is 0 Å². The summed E-state index contributed by atoms with van der Waals surface area (Å²) in [5, 5.41) is 0. The highest BCUT2D eigenvalue weighted by atomic mass is 32.2. The van der Waals surface area contributed by atoms with Crippen molar-refractivity contribution in [1.82, 2.24) is 4.31 Å². The molecule has 1 aliphatic rings. The van der Waals surface area contributed by atoms with Crippen molar-refractivity contribution in [2.45, 2.75) is 44.2 Å². The van der Waals surface area contributed by atoms with Gasteiger partial charge < -0.3 is 4.74 Å². The van der Waals surface area contributed by atoms with Crippen molar-refractivity contribution >= 4 is 16.0 Å². The molecular weight excluding hydrogens is 340 g/mol. The average Bonchev–Trinajstić information content (AvgIpc) is 2.87. The van der Waals surface area contributed by atoms with Crippen molar-refractivity contribution in [1.29, 1.82) is 0 Å². The molecule has 0 aliphatic carbocycles. The van der Waals surface area contributed by atoms with Crippen LogP contribution in [-0.4, -0.2) is 43.3 Å². The molecule has 134 valence electrons. The Labute approximate surface area is 140 Å². The SMILES string of the molecule is COC(=O)c1cc(F)cc([C@@H]2C[C@H](F)CN2S(=O)(=O)C(C)(C)C)c1. The highest BCUT2D eigenvalue weighted by Gasteiger charge is 2.45. The summed E-state index contributed by atoms with van der Waals surface area (Å²) in [6.07, 6.45) is -1.43. The molecule has 0 aromatic heterocycles. The Bertz CT molecular complexity index is 743. The fourth-order valence-corrected chi connectivity index (χ4v) is 4.32. The number of hydrogen-bond acceptors (Lipinski definition) is 4. The smallest absolute Gasteiger partial charge is 0.337 e. The van der Waals surface area contributed by atoms with Gasteiger partial charge in [0.2, 0.25) is 10.0 Å². The second-order valence-electron chi connectivity index (χ2n) is 6.80. The van der Waals surface area contributed by atoms with Gasteiger partial charge in [0.1, 0.15) is 12.0 Å². The van der Waals surface area contributed by atoms with Crippen molar-refractivity contribution in [2.24, 2.45) is 0 Å². The van der Waals surface area contributed by atoms with Gasteiger partial charge in [-0.3, -0.25) is 0 Å². The zero-order valence-corrected chi connectivity index (χ0v) is 14.9. The summed E-state index contributed by atoms with van der Waals surface area (Å²) in [5.74, 6) is -1.45. The number of hydrogen-bond donors (Lipinski definition) is 0. The second-order valence-corrected chi connectivity index (χ2v) is 9.44. The van der Waals surface area contributed by atoms with Gasteiger partial charge in [-0.1, -0.05) is 0 Å². The van der Waals surface area contributed by atoms with E-state index >= 15 is 0 Å². The van der Waals surface area contributed by atoms with Crippen LogP contribution in [0.4, 0.5) is 8.78 Å². The molecule has 0 spiro atoms. The van der Waals surface area contributed by atoms with E-state index in [0.717, 1.165) is 23.5 Å². The summed E-state index contributed by atoms with van der Waals surface area (Å²) in [4.78, 5) is 11.6. The van der Waals surface area contributed by atoms with E-state index in [-0.39, 0.29) is 24.1 Å². The maximum absolute atomic E-state index is 14.0. The van der Waals surface area contributed by atoms with Gasteiger partial charge in [-0.2, -0.15) is 4.31 Å². The third kappa shape index (κ3) is 3.44. The Morgan fingerprint density at radius 2 is 1.92 bits per heavy atom. The van der Waals surface area contributed by atoms with Gasteiger partial charge in [0, 0.05) is 13.0 Å². The Hall–Kier alpha value is -1.54. The van der Waals surface area contributed by atoms with E-state index in [4.69, 9.17) is 0 Å². The van der Waals surface area contributed by atoms with Crippen molar-refractivity contribution < 1.29 is 26.7 Å². The molecule has 1 saturated heterocycles. The van der Waals surface area contributed by atoms with Crippen molar-refractivity contribution in [3.05, 3.63) is 35.1 Å². The number of nitrogens with zero attached hydrogens (tertiary/aromatic N) is 1. The lowest BCUT2D eigenvalue weighted by molar-refractivity contribution is 0.0600. The fraction of sp³-hybridized carbons (Fsp3) is 0.562. The Kier molecular flexibility index (Phi) is 5.01. The number of carbonyl (C=O) groups excluding carboxylic acids is 1. The molecule has 1 aromatic carbocycles. The average molecular weight is 361 g/mol. The van der Waals surface area contributed by atoms with Crippen LogP contribution in [0.3, 0.4) is 0 Å². The topological polar surface area (TPSA) is 63.7 Å². The number of sulfonamides is 1. The zero-order valence-electron chi connectivity index (χ0n) is 14.0. The van der Waals surface area contributed by atoms with Gasteiger partial charge in [0.25, 0.3) is 0 Å². The largest absolute Gasteiger partial charge is 0.465 e. The maximum atomic E-state index is 14.0. The molecular formula is C16H21F2NO4S. The molecule has 1 aromatic rings. The van der Waals surface area contributed by atoms with Gasteiger partial charge >= 0.3 is 5.97 Å². The van der Waals surface area contributed by atoms with Crippen LogP contribution in [0, 0.1) is 5.82 Å². The lowest BCUT2D eigenvalue weighted by Gasteiger charge is -2.31. The normalized spacial score (nSPS) is 22.6. The lowest BCUT2D eigenvalue weighted by atomic mass is 10.0. The number of benzene rings is 1. The van der Waals surface area contributed by atoms with Gasteiger partial charge in [0.15, 0.2) is 0 Å². The van der Waals surface area contributed by atoms with Gasteiger partial charge in [-0.25, -0.2) is 22.0 Å². The predicted octanol–water partition coefficient (Wildman–Crippen LogP) is 2.83. The summed E-state index contributed by atoms with van der Waals surface area (Å²) in [7, 11) is -2.64. The van der Waals surface area contributed by atoms with E-state index in [9.17, 15) is 22.0 Å². The first kappa shape index (κ1) is 18.8. The molecule has 1 heterocycles. The summed E-state index contributed by atoms with van der Waals surface area (Å²) >= 11 is 0. The fourth-order valence-electron chi connectivity index (χ4n) is 2.72. The first-order valence-corrected chi connectivity index (χ1v) is 8.95. The quantitative estimate of drug-likeness (QED) is 0.777. The molecule has 0 unspecified atom stereocenters. The summed E-state index contributed by atoms with van der Waals surface area (Å²) in [6.45, 7) is 4.29. The molecule has 0 amide bonds. The molecule has 1 aliphatic heterocycles. The lowest BCUT2D eigenvalue weighted by Crippen LogP contribution is -2.43. The molecule has 24 heavy (non-hydrogen) atoms. The zero-order chi connectivity index (χ0) is 18.3. The van der Waals surface area contributed by atoms with Crippen molar-refractivity contribution in [3.63, 3.8) is 0 Å². The highest BCUT2D eigenvalue weighted by Crippen LogP contribution is 2.39. The molecule has 5 nitrogen and oxygen atoms in total. The molecule has 0 N–H and O–H groups in total. The second kappa shape index (κ2) is 6.40. The van der Waals surface area contributed by atoms with Crippen molar-refractivity contribution in [3.8, 4) is 0 Å². The monoisotopic (exact) mass is 361 g/mol. The molecule has 2 rings (SSSR count). The van der Waals surface area contributed by atoms with E-state index in [0.29, 0.717) is 0 Å². The van der Waals surface area contributed by atoms with Gasteiger partial charge in [-0.15, -0.1) is 0 Å². The predicted molar refractivity (Wildman–Crippen MR) is 85.4 cm³/mol. The minimum absolute atomic E-state index is 0.0390. The standard InChI is InChI=1S/C16H21F2NO4S/c1-16(2,3)24(21,22)19-9-13(18)8-14(19)10-5-11(15(20)23-4)7-12(17)6-10/h5-7,13-14H,8-9H2,1-4H3/t13-,14-/m0/s1.